The summed E-state index contributed by atoms with van der Waals surface area (Å²) in [7, 11) is 0. The first kappa shape index (κ1) is 10.7. The van der Waals surface area contributed by atoms with Gasteiger partial charge in [-0.3, -0.25) is 9.89 Å². The van der Waals surface area contributed by atoms with Gasteiger partial charge in [0.05, 0.1) is 5.52 Å². The lowest BCUT2D eigenvalue weighted by Gasteiger charge is -2.02. The number of fused-ring (bicyclic) bond motifs is 1. The van der Waals surface area contributed by atoms with Crippen LogP contribution in [0.3, 0.4) is 0 Å². The highest BCUT2D eigenvalue weighted by Gasteiger charge is 2.08. The molecule has 88 valence electrons. The molecule has 18 heavy (non-hydrogen) atoms. The topological polar surface area (TPSA) is 45.8 Å². The Morgan fingerprint density at radius 3 is 2.50 bits per heavy atom. The number of para-hydroxylation sites is 1. The Morgan fingerprint density at radius 2 is 1.72 bits per heavy atom. The van der Waals surface area contributed by atoms with Crippen molar-refractivity contribution in [3.63, 3.8) is 0 Å². The van der Waals surface area contributed by atoms with Gasteiger partial charge in [0.2, 0.25) is 5.43 Å². The van der Waals surface area contributed by atoms with Crippen LogP contribution in [0.4, 0.5) is 0 Å². The summed E-state index contributed by atoms with van der Waals surface area (Å²) in [5.74, 6) is 0. The van der Waals surface area contributed by atoms with Crippen LogP contribution in [-0.2, 0) is 0 Å². The highest BCUT2D eigenvalue weighted by molar-refractivity contribution is 5.81. The van der Waals surface area contributed by atoms with Gasteiger partial charge in [0.1, 0.15) is 5.69 Å². The second-order valence-corrected chi connectivity index (χ2v) is 4.31. The third-order valence-electron chi connectivity index (χ3n) is 3.00. The van der Waals surface area contributed by atoms with E-state index < -0.39 is 0 Å². The van der Waals surface area contributed by atoms with E-state index in [1.165, 1.54) is 0 Å². The van der Waals surface area contributed by atoms with E-state index in [0.29, 0.717) is 11.1 Å². The molecule has 0 fully saturated rings. The molecular formula is C15H12N2O. The van der Waals surface area contributed by atoms with Crippen LogP contribution in [0.2, 0.25) is 0 Å². The lowest BCUT2D eigenvalue weighted by Crippen LogP contribution is -2.09. The molecule has 0 bridgehead atoms. The van der Waals surface area contributed by atoms with Crippen LogP contribution >= 0.6 is 0 Å². The van der Waals surface area contributed by atoms with Crippen LogP contribution in [-0.4, -0.2) is 10.2 Å². The molecule has 0 saturated carbocycles. The number of aromatic amines is 1. The number of H-pyrrole nitrogens is 1. The molecule has 0 aliphatic carbocycles. The van der Waals surface area contributed by atoms with E-state index in [2.05, 4.69) is 10.2 Å². The smallest absolute Gasteiger partial charge is 0.215 e. The fraction of sp³-hybridized carbons (Fsp3) is 0.0667. The van der Waals surface area contributed by atoms with Crippen molar-refractivity contribution < 1.29 is 0 Å². The van der Waals surface area contributed by atoms with E-state index in [-0.39, 0.29) is 5.43 Å². The fourth-order valence-electron chi connectivity index (χ4n) is 1.98. The number of benzene rings is 2. The average molecular weight is 236 g/mol. The van der Waals surface area contributed by atoms with Crippen molar-refractivity contribution in [1.29, 1.82) is 0 Å². The van der Waals surface area contributed by atoms with Crippen molar-refractivity contribution >= 4 is 10.9 Å². The third kappa shape index (κ3) is 1.70. The number of nitrogens with one attached hydrogen (secondary N) is 1. The van der Waals surface area contributed by atoms with Crippen molar-refractivity contribution in [3.8, 4) is 11.3 Å². The predicted molar refractivity (Wildman–Crippen MR) is 72.5 cm³/mol. The highest BCUT2D eigenvalue weighted by atomic mass is 16.1. The molecule has 0 atom stereocenters. The van der Waals surface area contributed by atoms with Crippen molar-refractivity contribution in [2.75, 3.05) is 0 Å². The van der Waals surface area contributed by atoms with Crippen LogP contribution in [0.15, 0.2) is 53.3 Å². The van der Waals surface area contributed by atoms with Gasteiger partial charge in [-0.1, -0.05) is 42.0 Å². The molecule has 0 aliphatic rings. The standard InChI is InChI=1S/C15H12N2O/c1-10-6-8-11(9-7-10)14-15(18)12-4-2-3-5-13(12)16-17-14/h2-9H,1H3,(H,16,18). The zero-order valence-corrected chi connectivity index (χ0v) is 9.97. The molecule has 3 rings (SSSR count). The van der Waals surface area contributed by atoms with Crippen LogP contribution in [0, 0.1) is 6.92 Å². The number of hydrogen-bond acceptors (Lipinski definition) is 2. The molecule has 3 aromatic rings. The van der Waals surface area contributed by atoms with Gasteiger partial charge in [-0.05, 0) is 19.1 Å². The number of aryl methyl sites for hydroxylation is 1. The fourth-order valence-corrected chi connectivity index (χ4v) is 1.98. The summed E-state index contributed by atoms with van der Waals surface area (Å²) in [6, 6.07) is 15.2. The minimum atomic E-state index is -0.0341. The van der Waals surface area contributed by atoms with Gasteiger partial charge < -0.3 is 0 Å². The molecule has 3 nitrogen and oxygen atoms in total. The van der Waals surface area contributed by atoms with Crippen LogP contribution in [0.5, 0.6) is 0 Å². The zero-order chi connectivity index (χ0) is 12.5. The summed E-state index contributed by atoms with van der Waals surface area (Å²) in [4.78, 5) is 12.3. The van der Waals surface area contributed by atoms with Gasteiger partial charge in [-0.25, -0.2) is 0 Å². The Balaban J connectivity index is 2.27. The number of nitrogens with zero attached hydrogens (tertiary/aromatic N) is 1. The second kappa shape index (κ2) is 4.11. The summed E-state index contributed by atoms with van der Waals surface area (Å²) in [6.45, 7) is 2.02. The summed E-state index contributed by atoms with van der Waals surface area (Å²) >= 11 is 0. The number of hydrogen-bond donors (Lipinski definition) is 1. The summed E-state index contributed by atoms with van der Waals surface area (Å²) in [5, 5.41) is 7.76. The summed E-state index contributed by atoms with van der Waals surface area (Å²) in [5.41, 5.74) is 3.20. The van der Waals surface area contributed by atoms with E-state index in [9.17, 15) is 4.79 Å². The molecule has 2 aromatic carbocycles. The first-order valence-corrected chi connectivity index (χ1v) is 5.80. The van der Waals surface area contributed by atoms with Gasteiger partial charge in [-0.15, -0.1) is 0 Å². The molecule has 0 unspecified atom stereocenters. The molecule has 0 aliphatic heterocycles. The van der Waals surface area contributed by atoms with E-state index in [1.807, 2.05) is 55.5 Å². The summed E-state index contributed by atoms with van der Waals surface area (Å²) < 4.78 is 0. The molecule has 0 radical (unpaired) electrons. The Labute approximate surface area is 104 Å². The number of aromatic nitrogens is 2. The quantitative estimate of drug-likeness (QED) is 0.706. The number of rotatable bonds is 1. The lowest BCUT2D eigenvalue weighted by molar-refractivity contribution is 1.07. The largest absolute Gasteiger partial charge is 0.287 e. The first-order valence-electron chi connectivity index (χ1n) is 5.80. The molecule has 0 spiro atoms. The maximum Gasteiger partial charge on any atom is 0.215 e. The van der Waals surface area contributed by atoms with Gasteiger partial charge in [0.25, 0.3) is 0 Å². The second-order valence-electron chi connectivity index (χ2n) is 4.31. The zero-order valence-electron chi connectivity index (χ0n) is 9.97. The van der Waals surface area contributed by atoms with E-state index in [0.717, 1.165) is 16.6 Å². The molecule has 1 aromatic heterocycles. The molecule has 1 N–H and O–H groups in total. The van der Waals surface area contributed by atoms with Gasteiger partial charge in [0, 0.05) is 10.9 Å². The maximum absolute atomic E-state index is 12.3. The maximum atomic E-state index is 12.3. The molecule has 0 saturated heterocycles. The normalized spacial score (nSPS) is 10.7. The third-order valence-corrected chi connectivity index (χ3v) is 3.00. The Morgan fingerprint density at radius 1 is 1.00 bits per heavy atom. The molecule has 3 heteroatoms. The van der Waals surface area contributed by atoms with Gasteiger partial charge in [-0.2, -0.15) is 5.10 Å². The Bertz CT molecular complexity index is 757. The average Bonchev–Trinajstić information content (AvgIpc) is 2.41. The SMILES string of the molecule is Cc1ccc(-c2n[nH]c3ccccc3c2=O)cc1. The molecule has 1 heterocycles. The minimum absolute atomic E-state index is 0.0341. The van der Waals surface area contributed by atoms with E-state index in [4.69, 9.17) is 0 Å². The van der Waals surface area contributed by atoms with Gasteiger partial charge >= 0.3 is 0 Å². The van der Waals surface area contributed by atoms with Crippen LogP contribution < -0.4 is 5.43 Å². The molecule has 0 amide bonds. The molecular weight excluding hydrogens is 224 g/mol. The van der Waals surface area contributed by atoms with Crippen molar-refractivity contribution in [2.24, 2.45) is 0 Å². The highest BCUT2D eigenvalue weighted by Crippen LogP contribution is 2.15. The lowest BCUT2D eigenvalue weighted by atomic mass is 10.1. The van der Waals surface area contributed by atoms with Crippen molar-refractivity contribution in [2.45, 2.75) is 6.92 Å². The van der Waals surface area contributed by atoms with Crippen molar-refractivity contribution in [1.82, 2.24) is 10.2 Å². The van der Waals surface area contributed by atoms with E-state index >= 15 is 0 Å². The van der Waals surface area contributed by atoms with Crippen LogP contribution in [0.25, 0.3) is 22.2 Å². The Kier molecular flexibility index (Phi) is 2.45. The summed E-state index contributed by atoms with van der Waals surface area (Å²) in [6.07, 6.45) is 0. The van der Waals surface area contributed by atoms with Crippen LogP contribution in [0.1, 0.15) is 5.56 Å². The van der Waals surface area contributed by atoms with E-state index in [1.54, 1.807) is 0 Å². The first-order chi connectivity index (χ1) is 8.75. The minimum Gasteiger partial charge on any atom is -0.287 e. The van der Waals surface area contributed by atoms with Crippen molar-refractivity contribution in [3.05, 3.63) is 64.3 Å². The van der Waals surface area contributed by atoms with Gasteiger partial charge in [0.15, 0.2) is 0 Å². The Hall–Kier alpha value is -2.42. The monoisotopic (exact) mass is 236 g/mol. The predicted octanol–water partition coefficient (Wildman–Crippen LogP) is 2.90.